The highest BCUT2D eigenvalue weighted by molar-refractivity contribution is 5.98. The minimum atomic E-state index is -4.92. The normalized spacial score (nSPS) is 18.1. The van der Waals surface area contributed by atoms with Gasteiger partial charge in [-0.25, -0.2) is 23.1 Å². The Morgan fingerprint density at radius 3 is 2.56 bits per heavy atom. The molecular weight excluding hydrogens is 492 g/mol. The summed E-state index contributed by atoms with van der Waals surface area (Å²) in [4.78, 5) is 22.7. The van der Waals surface area contributed by atoms with Crippen LogP contribution in [0.2, 0.25) is 0 Å². The molecule has 2 N–H and O–H groups in total. The number of piperidine rings is 1. The molecule has 0 spiro atoms. The Kier molecular flexibility index (Phi) is 5.45. The molecule has 1 fully saturated rings. The van der Waals surface area contributed by atoms with Crippen LogP contribution in [-0.4, -0.2) is 44.0 Å². The van der Waals surface area contributed by atoms with Crippen LogP contribution in [0, 0.1) is 5.82 Å². The number of aromatic nitrogens is 3. The highest BCUT2D eigenvalue weighted by Gasteiger charge is 2.43. The van der Waals surface area contributed by atoms with Gasteiger partial charge in [0.15, 0.2) is 0 Å². The number of imidazole rings is 1. The van der Waals surface area contributed by atoms with Crippen LogP contribution in [0.5, 0.6) is 5.75 Å². The number of halogens is 6. The topological polar surface area (TPSA) is 85.8 Å². The average molecular weight is 509 g/mol. The van der Waals surface area contributed by atoms with E-state index in [-0.39, 0.29) is 22.5 Å². The second-order valence-electron chi connectivity index (χ2n) is 8.41. The number of nitrogens with zero attached hydrogens (tertiary/aromatic N) is 4. The number of nitrogens with two attached hydrogens (primary N) is 1. The zero-order valence-electron chi connectivity index (χ0n) is 18.3. The molecule has 1 amide bonds. The molecule has 188 valence electrons. The maximum atomic E-state index is 15.1. The Balaban J connectivity index is 1.53. The lowest BCUT2D eigenvalue weighted by Gasteiger charge is -2.39. The van der Waals surface area contributed by atoms with E-state index in [1.807, 2.05) is 0 Å². The number of nitrogen functional groups attached to an aromatic ring is 1. The molecule has 1 saturated heterocycles. The van der Waals surface area contributed by atoms with Gasteiger partial charge >= 0.3 is 6.36 Å². The van der Waals surface area contributed by atoms with E-state index in [4.69, 9.17) is 5.73 Å². The number of benzene rings is 2. The van der Waals surface area contributed by atoms with E-state index < -0.39 is 55.2 Å². The second kappa shape index (κ2) is 8.28. The molecular formula is C23H17F6N5O2. The van der Waals surface area contributed by atoms with Gasteiger partial charge in [0.2, 0.25) is 0 Å². The van der Waals surface area contributed by atoms with E-state index in [1.165, 1.54) is 35.1 Å². The first-order valence-corrected chi connectivity index (χ1v) is 10.7. The monoisotopic (exact) mass is 509 g/mol. The fraction of sp³-hybridized carbons (Fsp3) is 0.261. The minimum absolute atomic E-state index is 0.106. The molecule has 5 rings (SSSR count). The van der Waals surface area contributed by atoms with Crippen molar-refractivity contribution in [1.82, 2.24) is 19.3 Å². The van der Waals surface area contributed by atoms with Gasteiger partial charge in [-0.05, 0) is 23.8 Å². The summed E-state index contributed by atoms with van der Waals surface area (Å²) >= 11 is 0. The Morgan fingerprint density at radius 1 is 1.14 bits per heavy atom. The lowest BCUT2D eigenvalue weighted by atomic mass is 9.91. The van der Waals surface area contributed by atoms with E-state index in [2.05, 4.69) is 14.7 Å². The summed E-state index contributed by atoms with van der Waals surface area (Å²) in [6.07, 6.45) is -3.49. The summed E-state index contributed by atoms with van der Waals surface area (Å²) in [6, 6.07) is 5.35. The van der Waals surface area contributed by atoms with Gasteiger partial charge in [-0.15, -0.1) is 13.2 Å². The Hall–Kier alpha value is -4.03. The molecule has 1 atom stereocenters. The number of fused-ring (bicyclic) bond motifs is 3. The molecule has 2 aromatic carbocycles. The summed E-state index contributed by atoms with van der Waals surface area (Å²) in [5, 5.41) is 0. The molecule has 0 aliphatic carbocycles. The van der Waals surface area contributed by atoms with Crippen molar-refractivity contribution >= 4 is 28.3 Å². The summed E-state index contributed by atoms with van der Waals surface area (Å²) in [7, 11) is 0. The third-order valence-corrected chi connectivity index (χ3v) is 6.04. The maximum Gasteiger partial charge on any atom is 0.573 e. The Labute approximate surface area is 199 Å². The first kappa shape index (κ1) is 23.7. The summed E-state index contributed by atoms with van der Waals surface area (Å²) in [6.45, 7) is -0.394. The molecule has 1 aliphatic heterocycles. The number of hydrogen-bond acceptors (Lipinski definition) is 5. The van der Waals surface area contributed by atoms with Crippen LogP contribution < -0.4 is 10.5 Å². The zero-order chi connectivity index (χ0) is 25.8. The molecule has 3 heterocycles. The maximum absolute atomic E-state index is 15.1. The highest BCUT2D eigenvalue weighted by atomic mass is 19.4. The van der Waals surface area contributed by atoms with Crippen molar-refractivity contribution in [3.8, 4) is 5.75 Å². The number of alkyl halides is 5. The third-order valence-electron chi connectivity index (χ3n) is 6.04. The van der Waals surface area contributed by atoms with E-state index in [0.717, 1.165) is 23.1 Å². The number of carbonyl (C=O) groups excluding carboxylic acids is 1. The standard InChI is InChI=1S/C23H17F6N5O2/c24-15-8-16-17(34-11-31-10-19(34)20(30)32-16)7-14(15)21(35)33-6-5-22(25,26)9-18(33)12-1-3-13(4-2-12)36-23(27,28)29/h1-4,7-8,10-11,18H,5-6,9H2,(H2,30,32)/t18-/m1/s1. The number of anilines is 1. The number of rotatable bonds is 3. The summed E-state index contributed by atoms with van der Waals surface area (Å²) in [5.41, 5.74) is 6.57. The molecule has 4 aromatic rings. The van der Waals surface area contributed by atoms with Crippen LogP contribution in [0.4, 0.5) is 32.2 Å². The molecule has 7 nitrogen and oxygen atoms in total. The van der Waals surface area contributed by atoms with Gasteiger partial charge in [0.05, 0.1) is 35.2 Å². The zero-order valence-corrected chi connectivity index (χ0v) is 18.3. The second-order valence-corrected chi connectivity index (χ2v) is 8.41. The lowest BCUT2D eigenvalue weighted by Crippen LogP contribution is -2.45. The Bertz CT molecular complexity index is 1470. The predicted molar refractivity (Wildman–Crippen MR) is 116 cm³/mol. The van der Waals surface area contributed by atoms with Crippen molar-refractivity contribution in [1.29, 1.82) is 0 Å². The van der Waals surface area contributed by atoms with Gasteiger partial charge in [0.1, 0.15) is 22.9 Å². The predicted octanol–water partition coefficient (Wildman–Crippen LogP) is 5.12. The third kappa shape index (κ3) is 4.36. The number of hydrogen-bond donors (Lipinski definition) is 1. The van der Waals surface area contributed by atoms with Gasteiger partial charge in [-0.1, -0.05) is 12.1 Å². The van der Waals surface area contributed by atoms with E-state index in [1.54, 1.807) is 0 Å². The molecule has 2 aromatic heterocycles. The lowest BCUT2D eigenvalue weighted by molar-refractivity contribution is -0.274. The van der Waals surface area contributed by atoms with E-state index >= 15 is 4.39 Å². The molecule has 0 unspecified atom stereocenters. The van der Waals surface area contributed by atoms with E-state index in [0.29, 0.717) is 11.0 Å². The van der Waals surface area contributed by atoms with Crippen LogP contribution in [0.15, 0.2) is 48.9 Å². The van der Waals surface area contributed by atoms with Gasteiger partial charge < -0.3 is 15.4 Å². The van der Waals surface area contributed by atoms with Crippen molar-refractivity contribution in [2.24, 2.45) is 0 Å². The van der Waals surface area contributed by atoms with Crippen molar-refractivity contribution in [2.75, 3.05) is 12.3 Å². The van der Waals surface area contributed by atoms with Crippen molar-refractivity contribution in [3.63, 3.8) is 0 Å². The van der Waals surface area contributed by atoms with Crippen molar-refractivity contribution < 1.29 is 35.9 Å². The van der Waals surface area contributed by atoms with E-state index in [9.17, 15) is 26.7 Å². The van der Waals surface area contributed by atoms with Crippen LogP contribution in [-0.2, 0) is 0 Å². The number of ether oxygens (including phenoxy) is 1. The summed E-state index contributed by atoms with van der Waals surface area (Å²) in [5.74, 6) is -5.34. The molecule has 13 heteroatoms. The first-order chi connectivity index (χ1) is 16.9. The fourth-order valence-electron chi connectivity index (χ4n) is 4.38. The summed E-state index contributed by atoms with van der Waals surface area (Å²) < 4.78 is 86.5. The molecule has 36 heavy (non-hydrogen) atoms. The number of amides is 1. The number of likely N-dealkylation sites (tertiary alicyclic amines) is 1. The molecule has 0 saturated carbocycles. The van der Waals surface area contributed by atoms with Crippen LogP contribution in [0.25, 0.3) is 16.6 Å². The highest BCUT2D eigenvalue weighted by Crippen LogP contribution is 2.41. The quantitative estimate of drug-likeness (QED) is 0.388. The largest absolute Gasteiger partial charge is 0.573 e. The fourth-order valence-corrected chi connectivity index (χ4v) is 4.38. The Morgan fingerprint density at radius 2 is 1.86 bits per heavy atom. The van der Waals surface area contributed by atoms with Crippen LogP contribution in [0.1, 0.15) is 34.8 Å². The SMILES string of the molecule is Nc1nc2cc(F)c(C(=O)N3CCC(F)(F)C[C@@H]3c3ccc(OC(F)(F)F)cc3)cc2n2cncc12. The van der Waals surface area contributed by atoms with Gasteiger partial charge in [-0.3, -0.25) is 9.20 Å². The van der Waals surface area contributed by atoms with Crippen LogP contribution in [0.3, 0.4) is 0 Å². The van der Waals surface area contributed by atoms with Crippen molar-refractivity contribution in [3.05, 3.63) is 65.9 Å². The number of carbonyl (C=O) groups is 1. The van der Waals surface area contributed by atoms with Gasteiger partial charge in [0.25, 0.3) is 11.8 Å². The van der Waals surface area contributed by atoms with Crippen LogP contribution >= 0.6 is 0 Å². The first-order valence-electron chi connectivity index (χ1n) is 10.7. The smallest absolute Gasteiger partial charge is 0.406 e. The molecule has 0 bridgehead atoms. The average Bonchev–Trinajstić information content (AvgIpc) is 3.28. The van der Waals surface area contributed by atoms with Crippen molar-refractivity contribution in [2.45, 2.75) is 31.2 Å². The molecule has 1 aliphatic rings. The van der Waals surface area contributed by atoms with Gasteiger partial charge in [0, 0.05) is 25.5 Å². The molecule has 0 radical (unpaired) electrons. The van der Waals surface area contributed by atoms with Gasteiger partial charge in [-0.2, -0.15) is 0 Å². The minimum Gasteiger partial charge on any atom is -0.406 e.